The van der Waals surface area contributed by atoms with Crippen LogP contribution in [-0.2, 0) is 0 Å². The van der Waals surface area contributed by atoms with E-state index in [1.54, 1.807) is 0 Å². The fourth-order valence-corrected chi connectivity index (χ4v) is 2.33. The van der Waals surface area contributed by atoms with Crippen molar-refractivity contribution in [3.8, 4) is 0 Å². The van der Waals surface area contributed by atoms with Gasteiger partial charge in [-0.05, 0) is 31.5 Å². The Morgan fingerprint density at radius 1 is 1.33 bits per heavy atom. The third kappa shape index (κ3) is 3.69. The molecule has 0 N–H and O–H groups in total. The summed E-state index contributed by atoms with van der Waals surface area (Å²) in [6, 6.07) is 6.06. The van der Waals surface area contributed by atoms with E-state index in [0.717, 1.165) is 28.3 Å². The van der Waals surface area contributed by atoms with Gasteiger partial charge in [-0.1, -0.05) is 40.9 Å². The summed E-state index contributed by atoms with van der Waals surface area (Å²) in [7, 11) is 0. The van der Waals surface area contributed by atoms with Crippen LogP contribution in [0.5, 0.6) is 0 Å². The molecule has 0 radical (unpaired) electrons. The molecule has 1 nitrogen and oxygen atoms in total. The predicted octanol–water partition coefficient (Wildman–Crippen LogP) is 4.73. The van der Waals surface area contributed by atoms with Gasteiger partial charge in [0.15, 0.2) is 0 Å². The van der Waals surface area contributed by atoms with Gasteiger partial charge in [-0.3, -0.25) is 0 Å². The highest BCUT2D eigenvalue weighted by molar-refractivity contribution is 9.10. The first-order valence-electron chi connectivity index (χ1n) is 5.39. The largest absolute Gasteiger partial charge is 0.371 e. The van der Waals surface area contributed by atoms with Crippen LogP contribution < -0.4 is 4.90 Å². The van der Waals surface area contributed by atoms with Crippen LogP contribution in [0.4, 0.5) is 5.69 Å². The van der Waals surface area contributed by atoms with E-state index in [9.17, 15) is 0 Å². The zero-order valence-electron chi connectivity index (χ0n) is 9.26. The molecule has 0 fully saturated rings. The molecule has 0 aliphatic heterocycles. The van der Waals surface area contributed by atoms with Gasteiger partial charge in [0.25, 0.3) is 0 Å². The van der Waals surface area contributed by atoms with Gasteiger partial charge in [0.2, 0.25) is 0 Å². The van der Waals surface area contributed by atoms with Crippen LogP contribution in [-0.4, -0.2) is 13.1 Å². The van der Waals surface area contributed by atoms with E-state index in [4.69, 9.17) is 11.6 Å². The van der Waals surface area contributed by atoms with Crippen molar-refractivity contribution in [3.63, 3.8) is 0 Å². The Bertz CT molecular complexity index is 314. The number of hydrogen-bond acceptors (Lipinski definition) is 1. The highest BCUT2D eigenvalue weighted by Gasteiger charge is 2.07. The maximum atomic E-state index is 6.21. The fourth-order valence-electron chi connectivity index (χ4n) is 1.54. The van der Waals surface area contributed by atoms with E-state index in [1.165, 1.54) is 12.8 Å². The lowest BCUT2D eigenvalue weighted by molar-refractivity contribution is 0.732. The summed E-state index contributed by atoms with van der Waals surface area (Å²) >= 11 is 9.63. The monoisotopic (exact) mass is 289 g/mol. The molecule has 0 aliphatic rings. The second kappa shape index (κ2) is 6.39. The third-order valence-electron chi connectivity index (χ3n) is 2.41. The van der Waals surface area contributed by atoms with Crippen molar-refractivity contribution in [1.29, 1.82) is 0 Å². The van der Waals surface area contributed by atoms with Crippen LogP contribution in [0.2, 0.25) is 5.02 Å². The van der Waals surface area contributed by atoms with Crippen molar-refractivity contribution >= 4 is 33.2 Å². The van der Waals surface area contributed by atoms with Crippen molar-refractivity contribution in [1.82, 2.24) is 0 Å². The molecule has 0 aromatic heterocycles. The minimum Gasteiger partial charge on any atom is -0.371 e. The Hall–Kier alpha value is -0.210. The van der Waals surface area contributed by atoms with Crippen LogP contribution in [0.25, 0.3) is 0 Å². The molecule has 3 heteroatoms. The highest BCUT2D eigenvalue weighted by atomic mass is 79.9. The van der Waals surface area contributed by atoms with Crippen LogP contribution in [0.15, 0.2) is 22.7 Å². The number of anilines is 1. The van der Waals surface area contributed by atoms with Crippen LogP contribution in [0.3, 0.4) is 0 Å². The van der Waals surface area contributed by atoms with Gasteiger partial charge in [0, 0.05) is 17.6 Å². The van der Waals surface area contributed by atoms with E-state index in [2.05, 4.69) is 40.7 Å². The van der Waals surface area contributed by atoms with E-state index in [-0.39, 0.29) is 0 Å². The lowest BCUT2D eigenvalue weighted by Gasteiger charge is -2.24. The molecule has 0 spiro atoms. The second-order valence-electron chi connectivity index (χ2n) is 3.53. The molecular formula is C12H17BrClN. The Morgan fingerprint density at radius 2 is 2.07 bits per heavy atom. The van der Waals surface area contributed by atoms with E-state index in [1.807, 2.05) is 12.1 Å². The second-order valence-corrected chi connectivity index (χ2v) is 4.85. The minimum absolute atomic E-state index is 0.822. The minimum atomic E-state index is 0.822. The predicted molar refractivity (Wildman–Crippen MR) is 71.9 cm³/mol. The Labute approximate surface area is 106 Å². The molecule has 15 heavy (non-hydrogen) atoms. The topological polar surface area (TPSA) is 3.24 Å². The highest BCUT2D eigenvalue weighted by Crippen LogP contribution is 2.29. The summed E-state index contributed by atoms with van der Waals surface area (Å²) in [6.45, 7) is 6.45. The first-order valence-corrected chi connectivity index (χ1v) is 6.56. The number of rotatable bonds is 5. The molecule has 0 amide bonds. The zero-order chi connectivity index (χ0) is 11.3. The van der Waals surface area contributed by atoms with E-state index < -0.39 is 0 Å². The lowest BCUT2D eigenvalue weighted by atomic mass is 10.2. The number of halogens is 2. The first kappa shape index (κ1) is 12.9. The standard InChI is InChI=1S/C12H17BrClN/c1-3-5-8-15(4-2)12-7-6-10(13)9-11(12)14/h6-7,9H,3-5,8H2,1-2H3. The summed E-state index contributed by atoms with van der Waals surface area (Å²) in [5, 5.41) is 0.822. The van der Waals surface area contributed by atoms with Gasteiger partial charge >= 0.3 is 0 Å². The molecule has 0 saturated carbocycles. The molecule has 0 saturated heterocycles. The smallest absolute Gasteiger partial charge is 0.0650 e. The van der Waals surface area contributed by atoms with Gasteiger partial charge in [-0.2, -0.15) is 0 Å². The van der Waals surface area contributed by atoms with E-state index >= 15 is 0 Å². The summed E-state index contributed by atoms with van der Waals surface area (Å²) in [6.07, 6.45) is 2.42. The SMILES string of the molecule is CCCCN(CC)c1ccc(Br)cc1Cl. The van der Waals surface area contributed by atoms with E-state index in [0.29, 0.717) is 0 Å². The maximum Gasteiger partial charge on any atom is 0.0650 e. The van der Waals surface area contributed by atoms with Crippen LogP contribution >= 0.6 is 27.5 Å². The number of unbranched alkanes of at least 4 members (excludes halogenated alkanes) is 1. The van der Waals surface area contributed by atoms with Crippen LogP contribution in [0.1, 0.15) is 26.7 Å². The molecule has 0 aliphatic carbocycles. The van der Waals surface area contributed by atoms with Crippen molar-refractivity contribution in [2.24, 2.45) is 0 Å². The van der Waals surface area contributed by atoms with Crippen molar-refractivity contribution in [3.05, 3.63) is 27.7 Å². The molecular weight excluding hydrogens is 273 g/mol. The molecule has 1 aromatic carbocycles. The maximum absolute atomic E-state index is 6.21. The van der Waals surface area contributed by atoms with Crippen molar-refractivity contribution in [2.75, 3.05) is 18.0 Å². The molecule has 0 unspecified atom stereocenters. The normalized spacial score (nSPS) is 10.4. The lowest BCUT2D eigenvalue weighted by Crippen LogP contribution is -2.24. The summed E-state index contributed by atoms with van der Waals surface area (Å²) in [5.74, 6) is 0. The average molecular weight is 291 g/mol. The third-order valence-corrected chi connectivity index (χ3v) is 3.21. The summed E-state index contributed by atoms with van der Waals surface area (Å²) in [4.78, 5) is 2.32. The quantitative estimate of drug-likeness (QED) is 0.758. The van der Waals surface area contributed by atoms with Gasteiger partial charge in [-0.15, -0.1) is 0 Å². The van der Waals surface area contributed by atoms with Gasteiger partial charge in [0.05, 0.1) is 10.7 Å². The van der Waals surface area contributed by atoms with Crippen molar-refractivity contribution in [2.45, 2.75) is 26.7 Å². The molecule has 0 heterocycles. The average Bonchev–Trinajstić information content (AvgIpc) is 2.21. The number of nitrogens with zero attached hydrogens (tertiary/aromatic N) is 1. The van der Waals surface area contributed by atoms with Gasteiger partial charge in [0.1, 0.15) is 0 Å². The molecule has 1 rings (SSSR count). The number of hydrogen-bond donors (Lipinski definition) is 0. The summed E-state index contributed by atoms with van der Waals surface area (Å²) in [5.41, 5.74) is 1.14. The molecule has 1 aromatic rings. The van der Waals surface area contributed by atoms with Crippen molar-refractivity contribution < 1.29 is 0 Å². The van der Waals surface area contributed by atoms with Gasteiger partial charge < -0.3 is 4.90 Å². The summed E-state index contributed by atoms with van der Waals surface area (Å²) < 4.78 is 1.03. The fraction of sp³-hybridized carbons (Fsp3) is 0.500. The van der Waals surface area contributed by atoms with Gasteiger partial charge in [-0.25, -0.2) is 0 Å². The molecule has 0 bridgehead atoms. The number of benzene rings is 1. The molecule has 0 atom stereocenters. The van der Waals surface area contributed by atoms with Crippen LogP contribution in [0, 0.1) is 0 Å². The first-order chi connectivity index (χ1) is 7.19. The Balaban J connectivity index is 2.81. The Morgan fingerprint density at radius 3 is 2.60 bits per heavy atom. The molecule has 84 valence electrons. The Kier molecular flexibility index (Phi) is 5.48. The zero-order valence-corrected chi connectivity index (χ0v) is 11.6.